The molecule has 1 rings (SSSR count). The molecule has 0 aliphatic rings. The van der Waals surface area contributed by atoms with Gasteiger partial charge in [0.1, 0.15) is 6.04 Å². The maximum atomic E-state index is 12.2. The monoisotopic (exact) mass is 298 g/mol. The fourth-order valence-electron chi connectivity index (χ4n) is 1.93. The van der Waals surface area contributed by atoms with E-state index < -0.39 is 24.0 Å². The SMILES string of the molecule is CC(C)[C@H](NCCO)C(=O)N[C@@H](Cc1cnc[nH]1)C(=O)O. The lowest BCUT2D eigenvalue weighted by Gasteiger charge is -2.23. The molecule has 2 atom stereocenters. The first-order chi connectivity index (χ1) is 9.95. The quantitative estimate of drug-likeness (QED) is 0.403. The summed E-state index contributed by atoms with van der Waals surface area (Å²) in [7, 11) is 0. The first-order valence-electron chi connectivity index (χ1n) is 6.80. The number of H-pyrrole nitrogens is 1. The van der Waals surface area contributed by atoms with Gasteiger partial charge in [0.2, 0.25) is 5.91 Å². The largest absolute Gasteiger partial charge is 0.480 e. The number of carbonyl (C=O) groups excluding carboxylic acids is 1. The third-order valence-corrected chi connectivity index (χ3v) is 3.02. The van der Waals surface area contributed by atoms with E-state index in [9.17, 15) is 14.7 Å². The van der Waals surface area contributed by atoms with E-state index in [4.69, 9.17) is 5.11 Å². The van der Waals surface area contributed by atoms with Crippen LogP contribution in [0.2, 0.25) is 0 Å². The van der Waals surface area contributed by atoms with Gasteiger partial charge in [-0.05, 0) is 5.92 Å². The summed E-state index contributed by atoms with van der Waals surface area (Å²) in [6.07, 6.45) is 3.10. The zero-order valence-electron chi connectivity index (χ0n) is 12.2. The van der Waals surface area contributed by atoms with Crippen molar-refractivity contribution in [2.75, 3.05) is 13.2 Å². The van der Waals surface area contributed by atoms with Crippen LogP contribution in [0.5, 0.6) is 0 Å². The van der Waals surface area contributed by atoms with Crippen LogP contribution in [0, 0.1) is 5.92 Å². The van der Waals surface area contributed by atoms with Crippen LogP contribution in [-0.2, 0) is 16.0 Å². The molecule has 0 unspecified atom stereocenters. The lowest BCUT2D eigenvalue weighted by atomic mass is 10.0. The molecule has 0 aromatic carbocycles. The zero-order valence-corrected chi connectivity index (χ0v) is 12.2. The van der Waals surface area contributed by atoms with Gasteiger partial charge >= 0.3 is 5.97 Å². The standard InChI is InChI=1S/C13H22N4O4/c1-8(2)11(15-3-4-18)12(19)17-10(13(20)21)5-9-6-14-7-16-9/h6-8,10-11,15,18H,3-5H2,1-2H3,(H,14,16)(H,17,19)(H,20,21)/t10-,11-/m0/s1. The molecular formula is C13H22N4O4. The second-order valence-electron chi connectivity index (χ2n) is 5.08. The molecule has 0 fully saturated rings. The number of aliphatic carboxylic acids is 1. The van der Waals surface area contributed by atoms with Gasteiger partial charge in [0.25, 0.3) is 0 Å². The molecule has 21 heavy (non-hydrogen) atoms. The maximum absolute atomic E-state index is 12.2. The predicted molar refractivity (Wildman–Crippen MR) is 75.6 cm³/mol. The number of hydrogen-bond acceptors (Lipinski definition) is 5. The number of hydrogen-bond donors (Lipinski definition) is 5. The van der Waals surface area contributed by atoms with Gasteiger partial charge in [0, 0.05) is 24.9 Å². The minimum absolute atomic E-state index is 0.0295. The van der Waals surface area contributed by atoms with Crippen molar-refractivity contribution in [2.24, 2.45) is 5.92 Å². The molecule has 1 heterocycles. The summed E-state index contributed by atoms with van der Waals surface area (Å²) in [5, 5.41) is 23.4. The highest BCUT2D eigenvalue weighted by atomic mass is 16.4. The van der Waals surface area contributed by atoms with Crippen molar-refractivity contribution < 1.29 is 19.8 Å². The van der Waals surface area contributed by atoms with Crippen molar-refractivity contribution in [3.63, 3.8) is 0 Å². The van der Waals surface area contributed by atoms with Crippen molar-refractivity contribution >= 4 is 11.9 Å². The molecule has 8 heteroatoms. The van der Waals surface area contributed by atoms with Gasteiger partial charge in [-0.15, -0.1) is 0 Å². The number of aliphatic hydroxyl groups excluding tert-OH is 1. The highest BCUT2D eigenvalue weighted by Crippen LogP contribution is 2.04. The van der Waals surface area contributed by atoms with E-state index in [2.05, 4.69) is 20.6 Å². The van der Waals surface area contributed by atoms with E-state index in [1.165, 1.54) is 12.5 Å². The molecule has 8 nitrogen and oxygen atoms in total. The van der Waals surface area contributed by atoms with E-state index in [-0.39, 0.29) is 25.5 Å². The number of rotatable bonds is 9. The first kappa shape index (κ1) is 17.1. The summed E-state index contributed by atoms with van der Waals surface area (Å²) in [4.78, 5) is 30.1. The van der Waals surface area contributed by atoms with Crippen LogP contribution in [0.25, 0.3) is 0 Å². The highest BCUT2D eigenvalue weighted by molar-refractivity contribution is 5.87. The first-order valence-corrected chi connectivity index (χ1v) is 6.80. The number of aliphatic hydroxyl groups is 1. The predicted octanol–water partition coefficient (Wildman–Crippen LogP) is -0.872. The average molecular weight is 298 g/mol. The number of nitrogens with zero attached hydrogens (tertiary/aromatic N) is 1. The Balaban J connectivity index is 2.67. The van der Waals surface area contributed by atoms with Gasteiger partial charge in [-0.1, -0.05) is 13.8 Å². The van der Waals surface area contributed by atoms with Crippen molar-refractivity contribution in [2.45, 2.75) is 32.4 Å². The Morgan fingerprint density at radius 2 is 2.14 bits per heavy atom. The summed E-state index contributed by atoms with van der Waals surface area (Å²) < 4.78 is 0. The third kappa shape index (κ3) is 5.52. The number of amides is 1. The highest BCUT2D eigenvalue weighted by Gasteiger charge is 2.27. The molecule has 0 aliphatic carbocycles. The molecule has 1 aromatic rings. The molecule has 0 bridgehead atoms. The van der Waals surface area contributed by atoms with Crippen LogP contribution in [0.3, 0.4) is 0 Å². The number of aromatic nitrogens is 2. The topological polar surface area (TPSA) is 127 Å². The Bertz CT molecular complexity index is 447. The minimum Gasteiger partial charge on any atom is -0.480 e. The summed E-state index contributed by atoms with van der Waals surface area (Å²) >= 11 is 0. The number of carbonyl (C=O) groups is 2. The number of carboxylic acid groups (broad SMARTS) is 1. The Hall–Kier alpha value is -1.93. The summed E-state index contributed by atoms with van der Waals surface area (Å²) in [5.41, 5.74) is 0.632. The van der Waals surface area contributed by atoms with E-state index in [0.29, 0.717) is 5.69 Å². The van der Waals surface area contributed by atoms with Gasteiger partial charge in [-0.2, -0.15) is 0 Å². The molecule has 0 saturated heterocycles. The number of imidazole rings is 1. The van der Waals surface area contributed by atoms with Crippen molar-refractivity contribution in [1.82, 2.24) is 20.6 Å². The Morgan fingerprint density at radius 1 is 1.43 bits per heavy atom. The molecule has 1 aromatic heterocycles. The molecular weight excluding hydrogens is 276 g/mol. The van der Waals surface area contributed by atoms with E-state index in [0.717, 1.165) is 0 Å². The smallest absolute Gasteiger partial charge is 0.326 e. The fraction of sp³-hybridized carbons (Fsp3) is 0.615. The molecule has 0 saturated carbocycles. The van der Waals surface area contributed by atoms with E-state index >= 15 is 0 Å². The summed E-state index contributed by atoms with van der Waals surface area (Å²) in [6.45, 7) is 3.88. The van der Waals surface area contributed by atoms with Gasteiger partial charge in [0.05, 0.1) is 19.0 Å². The van der Waals surface area contributed by atoms with E-state index in [1.807, 2.05) is 13.8 Å². The van der Waals surface area contributed by atoms with Gasteiger partial charge in [-0.25, -0.2) is 9.78 Å². The second kappa shape index (κ2) is 8.38. The lowest BCUT2D eigenvalue weighted by Crippen LogP contribution is -2.53. The zero-order chi connectivity index (χ0) is 15.8. The molecule has 1 amide bonds. The van der Waals surface area contributed by atoms with Crippen LogP contribution >= 0.6 is 0 Å². The Labute approximate surface area is 123 Å². The van der Waals surface area contributed by atoms with Crippen molar-refractivity contribution in [3.05, 3.63) is 18.2 Å². The maximum Gasteiger partial charge on any atom is 0.326 e. The average Bonchev–Trinajstić information content (AvgIpc) is 2.90. The van der Waals surface area contributed by atoms with Gasteiger partial charge in [-0.3, -0.25) is 4.79 Å². The van der Waals surface area contributed by atoms with E-state index in [1.54, 1.807) is 0 Å². The Morgan fingerprint density at radius 3 is 2.62 bits per heavy atom. The minimum atomic E-state index is -1.11. The molecule has 0 aliphatic heterocycles. The second-order valence-corrected chi connectivity index (χ2v) is 5.08. The van der Waals surface area contributed by atoms with Gasteiger partial charge < -0.3 is 25.8 Å². The number of carboxylic acids is 1. The number of aromatic amines is 1. The van der Waals surface area contributed by atoms with Crippen LogP contribution in [-0.4, -0.2) is 57.3 Å². The molecule has 0 spiro atoms. The normalized spacial score (nSPS) is 13.9. The molecule has 118 valence electrons. The lowest BCUT2D eigenvalue weighted by molar-refractivity contribution is -0.142. The Kier molecular flexibility index (Phi) is 6.83. The van der Waals surface area contributed by atoms with Crippen molar-refractivity contribution in [3.8, 4) is 0 Å². The fourth-order valence-corrected chi connectivity index (χ4v) is 1.93. The summed E-state index contributed by atoms with van der Waals surface area (Å²) in [6, 6.07) is -1.59. The van der Waals surface area contributed by atoms with Crippen molar-refractivity contribution in [1.29, 1.82) is 0 Å². The van der Waals surface area contributed by atoms with Crippen LogP contribution < -0.4 is 10.6 Å². The van der Waals surface area contributed by atoms with Crippen LogP contribution in [0.15, 0.2) is 12.5 Å². The van der Waals surface area contributed by atoms with Crippen LogP contribution in [0.4, 0.5) is 0 Å². The van der Waals surface area contributed by atoms with Gasteiger partial charge in [0.15, 0.2) is 0 Å². The molecule has 5 N–H and O–H groups in total. The number of nitrogens with one attached hydrogen (secondary N) is 3. The molecule has 0 radical (unpaired) electrons. The van der Waals surface area contributed by atoms with Crippen LogP contribution in [0.1, 0.15) is 19.5 Å². The third-order valence-electron chi connectivity index (χ3n) is 3.02. The summed E-state index contributed by atoms with van der Waals surface area (Å²) in [5.74, 6) is -1.54.